The van der Waals surface area contributed by atoms with Crippen LogP contribution in [0.15, 0.2) is 0 Å². The molecular weight excluding hydrogens is 204 g/mol. The molecule has 2 fully saturated rings. The number of carbonyl (C=O) groups is 2. The topological polar surface area (TPSA) is 49.4 Å². The molecule has 0 unspecified atom stereocenters. The van der Waals surface area contributed by atoms with Gasteiger partial charge < -0.3 is 5.32 Å². The summed E-state index contributed by atoms with van der Waals surface area (Å²) in [5, 5.41) is 3.26. The van der Waals surface area contributed by atoms with Gasteiger partial charge in [0.25, 0.3) is 0 Å². The summed E-state index contributed by atoms with van der Waals surface area (Å²) < 4.78 is 0. The Morgan fingerprint density at radius 2 is 1.69 bits per heavy atom. The molecule has 0 radical (unpaired) electrons. The van der Waals surface area contributed by atoms with Crippen molar-refractivity contribution in [3.05, 3.63) is 0 Å². The first-order valence-corrected chi connectivity index (χ1v) is 5.95. The molecule has 90 valence electrons. The second-order valence-corrected chi connectivity index (χ2v) is 5.84. The molecule has 1 N–H and O–H groups in total. The highest BCUT2D eigenvalue weighted by Crippen LogP contribution is 2.39. The fourth-order valence-corrected chi connectivity index (χ4v) is 2.68. The molecule has 0 aromatic carbocycles. The number of hydrogen-bond acceptors (Lipinski definition) is 3. The molecule has 2 aliphatic rings. The van der Waals surface area contributed by atoms with E-state index in [4.69, 9.17) is 0 Å². The zero-order valence-electron chi connectivity index (χ0n) is 10.3. The molecule has 0 bridgehead atoms. The summed E-state index contributed by atoms with van der Waals surface area (Å²) in [7, 11) is 0. The summed E-state index contributed by atoms with van der Waals surface area (Å²) >= 11 is 0. The summed E-state index contributed by atoms with van der Waals surface area (Å²) in [6.45, 7) is 7.52. The SMILES string of the molecule is CC1(C)CC(=O)N(C2(C)CCNCC2)C1=O. The van der Waals surface area contributed by atoms with Crippen LogP contribution < -0.4 is 5.32 Å². The van der Waals surface area contributed by atoms with E-state index in [0.29, 0.717) is 6.42 Å². The number of imide groups is 1. The Kier molecular flexibility index (Phi) is 2.57. The van der Waals surface area contributed by atoms with Crippen molar-refractivity contribution in [1.29, 1.82) is 0 Å². The molecule has 2 amide bonds. The van der Waals surface area contributed by atoms with Gasteiger partial charge in [-0.05, 0) is 32.9 Å². The van der Waals surface area contributed by atoms with Crippen LogP contribution in [0.3, 0.4) is 0 Å². The van der Waals surface area contributed by atoms with E-state index in [-0.39, 0.29) is 17.4 Å². The van der Waals surface area contributed by atoms with Gasteiger partial charge in [0.1, 0.15) is 0 Å². The zero-order chi connectivity index (χ0) is 12.0. The van der Waals surface area contributed by atoms with Gasteiger partial charge in [-0.1, -0.05) is 13.8 Å². The Bertz CT molecular complexity index is 330. The smallest absolute Gasteiger partial charge is 0.235 e. The Morgan fingerprint density at radius 3 is 2.12 bits per heavy atom. The first-order valence-electron chi connectivity index (χ1n) is 5.95. The van der Waals surface area contributed by atoms with Crippen LogP contribution in [-0.4, -0.2) is 35.3 Å². The zero-order valence-corrected chi connectivity index (χ0v) is 10.3. The predicted octanol–water partition coefficient (Wildman–Crippen LogP) is 0.914. The van der Waals surface area contributed by atoms with Crippen molar-refractivity contribution in [1.82, 2.24) is 10.2 Å². The Balaban J connectivity index is 2.26. The summed E-state index contributed by atoms with van der Waals surface area (Å²) in [6.07, 6.45) is 2.08. The molecule has 2 saturated heterocycles. The Morgan fingerprint density at radius 1 is 1.12 bits per heavy atom. The third-order valence-electron chi connectivity index (χ3n) is 3.85. The number of piperidine rings is 1. The quantitative estimate of drug-likeness (QED) is 0.674. The van der Waals surface area contributed by atoms with Crippen LogP contribution in [0.2, 0.25) is 0 Å². The molecule has 16 heavy (non-hydrogen) atoms. The van der Waals surface area contributed by atoms with Crippen molar-refractivity contribution in [2.45, 2.75) is 45.6 Å². The van der Waals surface area contributed by atoms with E-state index in [1.54, 1.807) is 0 Å². The maximum Gasteiger partial charge on any atom is 0.235 e. The highest BCUT2D eigenvalue weighted by Gasteiger charge is 2.51. The summed E-state index contributed by atoms with van der Waals surface area (Å²) in [6, 6.07) is 0. The second-order valence-electron chi connectivity index (χ2n) is 5.84. The van der Waals surface area contributed by atoms with E-state index >= 15 is 0 Å². The second kappa shape index (κ2) is 3.55. The predicted molar refractivity (Wildman–Crippen MR) is 60.8 cm³/mol. The minimum absolute atomic E-state index is 0.000556. The molecule has 0 saturated carbocycles. The summed E-state index contributed by atoms with van der Waals surface area (Å²) in [4.78, 5) is 25.8. The van der Waals surface area contributed by atoms with Gasteiger partial charge in [0, 0.05) is 6.42 Å². The van der Waals surface area contributed by atoms with Crippen LogP contribution in [-0.2, 0) is 9.59 Å². The maximum absolute atomic E-state index is 12.2. The third kappa shape index (κ3) is 1.65. The van der Waals surface area contributed by atoms with Crippen LogP contribution in [0.5, 0.6) is 0 Å². The van der Waals surface area contributed by atoms with Crippen molar-refractivity contribution in [2.24, 2.45) is 5.41 Å². The molecule has 0 spiro atoms. The van der Waals surface area contributed by atoms with Crippen LogP contribution in [0.25, 0.3) is 0 Å². The Labute approximate surface area is 96.4 Å². The van der Waals surface area contributed by atoms with Gasteiger partial charge in [0.2, 0.25) is 11.8 Å². The van der Waals surface area contributed by atoms with Crippen LogP contribution in [0, 0.1) is 5.41 Å². The number of amides is 2. The Hall–Kier alpha value is -0.900. The monoisotopic (exact) mass is 224 g/mol. The van der Waals surface area contributed by atoms with E-state index in [9.17, 15) is 9.59 Å². The average molecular weight is 224 g/mol. The fourth-order valence-electron chi connectivity index (χ4n) is 2.68. The van der Waals surface area contributed by atoms with Crippen molar-refractivity contribution in [3.8, 4) is 0 Å². The molecule has 0 aromatic rings. The lowest BCUT2D eigenvalue weighted by Gasteiger charge is -2.41. The highest BCUT2D eigenvalue weighted by atomic mass is 16.2. The molecule has 2 aliphatic heterocycles. The summed E-state index contributed by atoms with van der Waals surface area (Å²) in [5.74, 6) is 0.00120. The molecule has 4 nitrogen and oxygen atoms in total. The largest absolute Gasteiger partial charge is 0.317 e. The van der Waals surface area contributed by atoms with Gasteiger partial charge in [-0.25, -0.2) is 0 Å². The lowest BCUT2D eigenvalue weighted by molar-refractivity contribution is -0.148. The minimum Gasteiger partial charge on any atom is -0.317 e. The van der Waals surface area contributed by atoms with E-state index < -0.39 is 5.41 Å². The number of hydrogen-bond donors (Lipinski definition) is 1. The lowest BCUT2D eigenvalue weighted by Crippen LogP contribution is -2.55. The van der Waals surface area contributed by atoms with Gasteiger partial charge in [0.15, 0.2) is 0 Å². The van der Waals surface area contributed by atoms with Crippen molar-refractivity contribution in [2.75, 3.05) is 13.1 Å². The van der Waals surface area contributed by atoms with E-state index in [1.807, 2.05) is 20.8 Å². The lowest BCUT2D eigenvalue weighted by atomic mass is 9.87. The van der Waals surface area contributed by atoms with E-state index in [1.165, 1.54) is 4.90 Å². The molecular formula is C12H20N2O2. The normalized spacial score (nSPS) is 28.6. The third-order valence-corrected chi connectivity index (χ3v) is 3.85. The van der Waals surface area contributed by atoms with Gasteiger partial charge in [-0.3, -0.25) is 14.5 Å². The van der Waals surface area contributed by atoms with Crippen molar-refractivity contribution < 1.29 is 9.59 Å². The van der Waals surface area contributed by atoms with Crippen LogP contribution >= 0.6 is 0 Å². The molecule has 2 rings (SSSR count). The van der Waals surface area contributed by atoms with Crippen LogP contribution in [0.4, 0.5) is 0 Å². The number of nitrogens with one attached hydrogen (secondary N) is 1. The van der Waals surface area contributed by atoms with Gasteiger partial charge in [-0.2, -0.15) is 0 Å². The van der Waals surface area contributed by atoms with Crippen molar-refractivity contribution >= 4 is 11.8 Å². The number of rotatable bonds is 1. The molecule has 0 aliphatic carbocycles. The van der Waals surface area contributed by atoms with E-state index in [0.717, 1.165) is 25.9 Å². The molecule has 2 heterocycles. The van der Waals surface area contributed by atoms with Gasteiger partial charge in [-0.15, -0.1) is 0 Å². The minimum atomic E-state index is -0.509. The first kappa shape index (κ1) is 11.6. The number of likely N-dealkylation sites (tertiary alicyclic amines) is 1. The van der Waals surface area contributed by atoms with Crippen LogP contribution in [0.1, 0.15) is 40.0 Å². The van der Waals surface area contributed by atoms with Gasteiger partial charge >= 0.3 is 0 Å². The molecule has 0 aromatic heterocycles. The molecule has 0 atom stereocenters. The first-order chi connectivity index (χ1) is 7.37. The van der Waals surface area contributed by atoms with E-state index in [2.05, 4.69) is 5.32 Å². The average Bonchev–Trinajstić information content (AvgIpc) is 2.37. The number of nitrogens with zero attached hydrogens (tertiary/aromatic N) is 1. The number of carbonyl (C=O) groups excluding carboxylic acids is 2. The fraction of sp³-hybridized carbons (Fsp3) is 0.833. The maximum atomic E-state index is 12.2. The molecule has 4 heteroatoms. The van der Waals surface area contributed by atoms with Gasteiger partial charge in [0.05, 0.1) is 11.0 Å². The highest BCUT2D eigenvalue weighted by molar-refractivity contribution is 6.06. The van der Waals surface area contributed by atoms with Crippen molar-refractivity contribution in [3.63, 3.8) is 0 Å². The standard InChI is InChI=1S/C12H20N2O2/c1-11(2)8-9(15)14(10(11)16)12(3)4-6-13-7-5-12/h13H,4-8H2,1-3H3. The summed E-state index contributed by atoms with van der Waals surface area (Å²) in [5.41, 5.74) is -0.780.